The second-order valence-electron chi connectivity index (χ2n) is 4.83. The number of hydrogen-bond acceptors (Lipinski definition) is 1. The molecule has 16 heavy (non-hydrogen) atoms. The Labute approximate surface area is 104 Å². The van der Waals surface area contributed by atoms with Gasteiger partial charge in [-0.25, -0.2) is 0 Å². The van der Waals surface area contributed by atoms with Gasteiger partial charge in [0.2, 0.25) is 0 Å². The Morgan fingerprint density at radius 1 is 1.12 bits per heavy atom. The van der Waals surface area contributed by atoms with E-state index in [1.807, 2.05) is 0 Å². The zero-order valence-electron chi connectivity index (χ0n) is 9.86. The van der Waals surface area contributed by atoms with E-state index in [2.05, 4.69) is 36.1 Å². The van der Waals surface area contributed by atoms with Crippen molar-refractivity contribution in [1.82, 2.24) is 4.90 Å². The fourth-order valence-electron chi connectivity index (χ4n) is 3.41. The van der Waals surface area contributed by atoms with E-state index in [4.69, 9.17) is 0 Å². The summed E-state index contributed by atoms with van der Waals surface area (Å²) < 4.78 is 0. The molecule has 1 aromatic carbocycles. The first-order valence-electron chi connectivity index (χ1n) is 6.26. The lowest BCUT2D eigenvalue weighted by Gasteiger charge is -2.34. The largest absolute Gasteiger partial charge is 0.289 e. The van der Waals surface area contributed by atoms with Crippen LogP contribution in [-0.4, -0.2) is 11.4 Å². The molecule has 1 nitrogen and oxygen atoms in total. The van der Waals surface area contributed by atoms with Crippen molar-refractivity contribution in [1.29, 1.82) is 0 Å². The van der Waals surface area contributed by atoms with Crippen LogP contribution in [0.15, 0.2) is 24.3 Å². The third-order valence-corrected chi connectivity index (χ3v) is 3.95. The van der Waals surface area contributed by atoms with Gasteiger partial charge in [-0.2, -0.15) is 0 Å². The highest BCUT2D eigenvalue weighted by Crippen LogP contribution is 2.50. The molecule has 3 rings (SSSR count). The number of fused-ring (bicyclic) bond motifs is 5. The van der Waals surface area contributed by atoms with Gasteiger partial charge in [-0.15, -0.1) is 12.4 Å². The number of benzene rings is 1. The number of rotatable bonds is 2. The highest BCUT2D eigenvalue weighted by Gasteiger charge is 2.39. The lowest BCUT2D eigenvalue weighted by Crippen LogP contribution is -2.30. The van der Waals surface area contributed by atoms with Gasteiger partial charge in [-0.1, -0.05) is 31.2 Å². The van der Waals surface area contributed by atoms with Crippen molar-refractivity contribution < 1.29 is 0 Å². The average molecular weight is 238 g/mol. The van der Waals surface area contributed by atoms with Crippen molar-refractivity contribution in [2.24, 2.45) is 0 Å². The smallest absolute Gasteiger partial charge is 0.0357 e. The van der Waals surface area contributed by atoms with Crippen LogP contribution in [0.2, 0.25) is 0 Å². The Balaban J connectivity index is 0.000000963. The van der Waals surface area contributed by atoms with Gasteiger partial charge in [-0.05, 0) is 43.4 Å². The Kier molecular flexibility index (Phi) is 3.56. The molecule has 0 saturated carbocycles. The summed E-state index contributed by atoms with van der Waals surface area (Å²) in [6.45, 7) is 3.56. The number of nitrogens with zero attached hydrogens (tertiary/aromatic N) is 1. The summed E-state index contributed by atoms with van der Waals surface area (Å²) in [5.41, 5.74) is 3.24. The second kappa shape index (κ2) is 4.77. The third kappa shape index (κ3) is 1.66. The van der Waals surface area contributed by atoms with Gasteiger partial charge in [0, 0.05) is 12.1 Å². The van der Waals surface area contributed by atoms with Gasteiger partial charge in [0.15, 0.2) is 0 Å². The summed E-state index contributed by atoms with van der Waals surface area (Å²) in [5, 5.41) is 0. The van der Waals surface area contributed by atoms with Crippen LogP contribution < -0.4 is 0 Å². The highest BCUT2D eigenvalue weighted by atomic mass is 35.5. The van der Waals surface area contributed by atoms with E-state index >= 15 is 0 Å². The van der Waals surface area contributed by atoms with Gasteiger partial charge < -0.3 is 0 Å². The molecule has 0 aliphatic carbocycles. The molecular weight excluding hydrogens is 218 g/mol. The van der Waals surface area contributed by atoms with Crippen molar-refractivity contribution >= 4 is 12.4 Å². The molecule has 2 heteroatoms. The second-order valence-corrected chi connectivity index (χ2v) is 4.83. The Morgan fingerprint density at radius 3 is 2.19 bits per heavy atom. The predicted molar refractivity (Wildman–Crippen MR) is 70.0 cm³/mol. The Hall–Kier alpha value is -0.530. The minimum absolute atomic E-state index is 0. The standard InChI is InChI=1S/C14H19N.ClH/c1-2-10-15-13-8-5-9-14(15)12-7-4-3-6-11(12)13;/h3-4,6-7,13-14H,2,5,8-10H2,1H3;1H. The lowest BCUT2D eigenvalue weighted by atomic mass is 10.0. The molecule has 2 aliphatic rings. The molecule has 0 aromatic heterocycles. The maximum atomic E-state index is 2.73. The van der Waals surface area contributed by atoms with E-state index in [1.165, 1.54) is 32.2 Å². The lowest BCUT2D eigenvalue weighted by molar-refractivity contribution is 0.109. The highest BCUT2D eigenvalue weighted by molar-refractivity contribution is 5.85. The fraction of sp³-hybridized carbons (Fsp3) is 0.571. The molecule has 2 aliphatic heterocycles. The van der Waals surface area contributed by atoms with Crippen LogP contribution in [0, 0.1) is 0 Å². The minimum Gasteiger partial charge on any atom is -0.289 e. The zero-order valence-corrected chi connectivity index (χ0v) is 10.7. The van der Waals surface area contributed by atoms with Crippen LogP contribution >= 0.6 is 12.4 Å². The zero-order chi connectivity index (χ0) is 10.3. The van der Waals surface area contributed by atoms with Crippen LogP contribution in [0.1, 0.15) is 55.8 Å². The molecule has 2 bridgehead atoms. The van der Waals surface area contributed by atoms with E-state index in [0.29, 0.717) is 0 Å². The van der Waals surface area contributed by atoms with Crippen LogP contribution in [0.4, 0.5) is 0 Å². The number of hydrogen-bond donors (Lipinski definition) is 0. The van der Waals surface area contributed by atoms with Crippen molar-refractivity contribution in [3.63, 3.8) is 0 Å². The molecule has 88 valence electrons. The SMILES string of the molecule is CCCN1C2CCCC1c1ccccc12.Cl. The van der Waals surface area contributed by atoms with Gasteiger partial charge in [-0.3, -0.25) is 4.90 Å². The molecule has 2 unspecified atom stereocenters. The van der Waals surface area contributed by atoms with Crippen LogP contribution in [0.5, 0.6) is 0 Å². The van der Waals surface area contributed by atoms with Crippen molar-refractivity contribution in [3.8, 4) is 0 Å². The maximum Gasteiger partial charge on any atom is 0.0357 e. The van der Waals surface area contributed by atoms with Crippen LogP contribution in [0.3, 0.4) is 0 Å². The summed E-state index contributed by atoms with van der Waals surface area (Å²) in [4.78, 5) is 2.73. The number of halogens is 1. The van der Waals surface area contributed by atoms with Crippen molar-refractivity contribution in [3.05, 3.63) is 35.4 Å². The van der Waals surface area contributed by atoms with Crippen LogP contribution in [-0.2, 0) is 0 Å². The molecule has 0 spiro atoms. The fourth-order valence-corrected chi connectivity index (χ4v) is 3.41. The summed E-state index contributed by atoms with van der Waals surface area (Å²) >= 11 is 0. The third-order valence-electron chi connectivity index (χ3n) is 3.95. The molecule has 0 amide bonds. The minimum atomic E-state index is 0. The molecule has 0 radical (unpaired) electrons. The molecular formula is C14H20ClN. The van der Waals surface area contributed by atoms with E-state index in [0.717, 1.165) is 12.1 Å². The van der Waals surface area contributed by atoms with Crippen LogP contribution in [0.25, 0.3) is 0 Å². The average Bonchev–Trinajstić information content (AvgIpc) is 2.46. The first-order chi connectivity index (χ1) is 7.42. The molecule has 2 heterocycles. The topological polar surface area (TPSA) is 3.24 Å². The monoisotopic (exact) mass is 237 g/mol. The first kappa shape index (κ1) is 11.9. The summed E-state index contributed by atoms with van der Waals surface area (Å²) in [7, 11) is 0. The quantitative estimate of drug-likeness (QED) is 0.749. The van der Waals surface area contributed by atoms with E-state index < -0.39 is 0 Å². The van der Waals surface area contributed by atoms with Crippen molar-refractivity contribution in [2.45, 2.75) is 44.7 Å². The maximum absolute atomic E-state index is 2.73. The molecule has 1 aromatic rings. The van der Waals surface area contributed by atoms with Gasteiger partial charge >= 0.3 is 0 Å². The van der Waals surface area contributed by atoms with E-state index in [9.17, 15) is 0 Å². The molecule has 2 atom stereocenters. The first-order valence-corrected chi connectivity index (χ1v) is 6.26. The van der Waals surface area contributed by atoms with Crippen molar-refractivity contribution in [2.75, 3.05) is 6.54 Å². The summed E-state index contributed by atoms with van der Waals surface area (Å²) in [6.07, 6.45) is 5.42. The number of piperidine rings is 1. The Morgan fingerprint density at radius 2 is 1.69 bits per heavy atom. The molecule has 1 fully saturated rings. The summed E-state index contributed by atoms with van der Waals surface area (Å²) in [5.74, 6) is 0. The van der Waals surface area contributed by atoms with Gasteiger partial charge in [0.05, 0.1) is 0 Å². The van der Waals surface area contributed by atoms with E-state index in [-0.39, 0.29) is 12.4 Å². The summed E-state index contributed by atoms with van der Waals surface area (Å²) in [6, 6.07) is 10.6. The Bertz CT molecular complexity index is 333. The molecule has 1 saturated heterocycles. The van der Waals surface area contributed by atoms with Gasteiger partial charge in [0.25, 0.3) is 0 Å². The predicted octanol–water partition coefficient (Wildman–Crippen LogP) is 4.10. The molecule has 0 N–H and O–H groups in total. The van der Waals surface area contributed by atoms with E-state index in [1.54, 1.807) is 11.1 Å². The van der Waals surface area contributed by atoms with Gasteiger partial charge in [0.1, 0.15) is 0 Å². The normalized spacial score (nSPS) is 27.3.